The summed E-state index contributed by atoms with van der Waals surface area (Å²) in [7, 11) is 1.87. The topological polar surface area (TPSA) is 64.0 Å². The molecule has 0 saturated heterocycles. The van der Waals surface area contributed by atoms with Crippen molar-refractivity contribution in [1.29, 1.82) is 0 Å². The van der Waals surface area contributed by atoms with Crippen molar-refractivity contribution in [1.82, 2.24) is 9.78 Å². The molecule has 1 heterocycles. The lowest BCUT2D eigenvalue weighted by Crippen LogP contribution is -2.16. The summed E-state index contributed by atoms with van der Waals surface area (Å²) in [6, 6.07) is 7.09. The van der Waals surface area contributed by atoms with Crippen molar-refractivity contribution in [3.8, 4) is 0 Å². The number of benzene rings is 1. The van der Waals surface area contributed by atoms with Crippen LogP contribution in [0.5, 0.6) is 0 Å². The van der Waals surface area contributed by atoms with Gasteiger partial charge >= 0.3 is 0 Å². The number of nitrogens with one attached hydrogen (secondary N) is 1. The van der Waals surface area contributed by atoms with E-state index in [2.05, 4.69) is 10.4 Å². The zero-order chi connectivity index (χ0) is 15.0. The lowest BCUT2D eigenvalue weighted by Gasteiger charge is -2.08. The summed E-state index contributed by atoms with van der Waals surface area (Å²) in [6.45, 7) is 1.50. The van der Waals surface area contributed by atoms with Gasteiger partial charge in [0.15, 0.2) is 5.78 Å². The van der Waals surface area contributed by atoms with Crippen LogP contribution < -0.4 is 5.32 Å². The molecule has 2 aromatic rings. The second kappa shape index (κ2) is 5.16. The van der Waals surface area contributed by atoms with Crippen molar-refractivity contribution in [2.45, 2.75) is 19.3 Å². The summed E-state index contributed by atoms with van der Waals surface area (Å²) in [5.41, 5.74) is 2.23. The van der Waals surface area contributed by atoms with Crippen molar-refractivity contribution < 1.29 is 9.59 Å². The molecule has 1 amide bonds. The molecule has 0 aliphatic heterocycles. The Hall–Kier alpha value is -2.43. The number of carbonyl (C=O) groups is 2. The normalized spacial score (nSPS) is 20.1. The van der Waals surface area contributed by atoms with Crippen LogP contribution in [0, 0.1) is 5.92 Å². The Morgan fingerprint density at radius 3 is 2.76 bits per heavy atom. The van der Waals surface area contributed by atoms with Gasteiger partial charge in [-0.15, -0.1) is 0 Å². The number of para-hydroxylation sites is 1. The Morgan fingerprint density at radius 2 is 2.10 bits per heavy atom. The van der Waals surface area contributed by atoms with E-state index in [1.807, 2.05) is 25.5 Å². The van der Waals surface area contributed by atoms with Crippen LogP contribution in [0.2, 0.25) is 0 Å². The van der Waals surface area contributed by atoms with Crippen LogP contribution in [0.1, 0.15) is 35.2 Å². The Balaban J connectivity index is 1.70. The van der Waals surface area contributed by atoms with Gasteiger partial charge in [-0.2, -0.15) is 5.10 Å². The van der Waals surface area contributed by atoms with Crippen LogP contribution in [0.15, 0.2) is 36.7 Å². The van der Waals surface area contributed by atoms with Crippen molar-refractivity contribution in [3.63, 3.8) is 0 Å². The number of rotatable bonds is 4. The molecule has 1 saturated carbocycles. The van der Waals surface area contributed by atoms with E-state index < -0.39 is 0 Å². The SMILES string of the molecule is CC(=O)c1ccccc1NC(=O)[C@@H]1C[C@@H]1c1cnn(C)c1. The minimum Gasteiger partial charge on any atom is -0.325 e. The third-order valence-corrected chi connectivity index (χ3v) is 3.84. The van der Waals surface area contributed by atoms with Crippen LogP contribution in [0.4, 0.5) is 5.69 Å². The molecule has 1 aliphatic carbocycles. The molecule has 3 rings (SSSR count). The van der Waals surface area contributed by atoms with Gasteiger partial charge in [0.2, 0.25) is 5.91 Å². The Kier molecular flexibility index (Phi) is 3.33. The van der Waals surface area contributed by atoms with Gasteiger partial charge in [-0.25, -0.2) is 0 Å². The number of aryl methyl sites for hydroxylation is 1. The van der Waals surface area contributed by atoms with Crippen molar-refractivity contribution >= 4 is 17.4 Å². The summed E-state index contributed by atoms with van der Waals surface area (Å²) in [5, 5.41) is 7.01. The zero-order valence-electron chi connectivity index (χ0n) is 12.0. The highest BCUT2D eigenvalue weighted by Gasteiger charge is 2.44. The first-order valence-electron chi connectivity index (χ1n) is 6.95. The smallest absolute Gasteiger partial charge is 0.228 e. The predicted molar refractivity (Wildman–Crippen MR) is 79.1 cm³/mol. The molecule has 0 unspecified atom stereocenters. The molecule has 2 atom stereocenters. The molecular weight excluding hydrogens is 266 g/mol. The molecule has 0 spiro atoms. The van der Waals surface area contributed by atoms with Crippen molar-refractivity contribution in [2.24, 2.45) is 13.0 Å². The highest BCUT2D eigenvalue weighted by atomic mass is 16.2. The van der Waals surface area contributed by atoms with Gasteiger partial charge in [0.05, 0.1) is 11.9 Å². The van der Waals surface area contributed by atoms with Gasteiger partial charge < -0.3 is 5.32 Å². The van der Waals surface area contributed by atoms with E-state index in [-0.39, 0.29) is 23.5 Å². The quantitative estimate of drug-likeness (QED) is 0.876. The minimum absolute atomic E-state index is 0.0300. The van der Waals surface area contributed by atoms with Gasteiger partial charge in [-0.1, -0.05) is 12.1 Å². The lowest BCUT2D eigenvalue weighted by atomic mass is 10.1. The molecule has 21 heavy (non-hydrogen) atoms. The maximum Gasteiger partial charge on any atom is 0.228 e. The maximum atomic E-state index is 12.3. The first kappa shape index (κ1) is 13.5. The molecule has 108 valence electrons. The van der Waals surface area contributed by atoms with Gasteiger partial charge in [-0.05, 0) is 37.0 Å². The Bertz CT molecular complexity index is 705. The second-order valence-corrected chi connectivity index (χ2v) is 5.49. The van der Waals surface area contributed by atoms with Gasteiger partial charge in [0.1, 0.15) is 0 Å². The van der Waals surface area contributed by atoms with Crippen LogP contribution in [0.3, 0.4) is 0 Å². The summed E-state index contributed by atoms with van der Waals surface area (Å²) < 4.78 is 1.74. The van der Waals surface area contributed by atoms with Crippen LogP contribution in [-0.2, 0) is 11.8 Å². The largest absolute Gasteiger partial charge is 0.325 e. The minimum atomic E-state index is -0.0505. The summed E-state index contributed by atoms with van der Waals surface area (Å²) in [4.78, 5) is 23.8. The molecule has 1 N–H and O–H groups in total. The first-order chi connectivity index (χ1) is 10.1. The summed E-state index contributed by atoms with van der Waals surface area (Å²) in [5.74, 6) is 0.125. The second-order valence-electron chi connectivity index (χ2n) is 5.49. The highest BCUT2D eigenvalue weighted by Crippen LogP contribution is 2.47. The first-order valence-corrected chi connectivity index (χ1v) is 6.95. The summed E-state index contributed by atoms with van der Waals surface area (Å²) >= 11 is 0. The number of carbonyl (C=O) groups excluding carboxylic acids is 2. The molecule has 1 aromatic heterocycles. The van der Waals surface area contributed by atoms with E-state index in [0.29, 0.717) is 11.3 Å². The van der Waals surface area contributed by atoms with E-state index in [9.17, 15) is 9.59 Å². The van der Waals surface area contributed by atoms with Gasteiger partial charge in [0, 0.05) is 24.7 Å². The van der Waals surface area contributed by atoms with Gasteiger partial charge in [-0.3, -0.25) is 14.3 Å². The summed E-state index contributed by atoms with van der Waals surface area (Å²) in [6.07, 6.45) is 4.59. The fraction of sp³-hybridized carbons (Fsp3) is 0.312. The molecule has 1 fully saturated rings. The predicted octanol–water partition coefficient (Wildman–Crippen LogP) is 2.36. The molecule has 5 nitrogen and oxygen atoms in total. The van der Waals surface area contributed by atoms with E-state index in [1.165, 1.54) is 6.92 Å². The van der Waals surface area contributed by atoms with E-state index in [0.717, 1.165) is 12.0 Å². The monoisotopic (exact) mass is 283 g/mol. The lowest BCUT2D eigenvalue weighted by molar-refractivity contribution is -0.117. The van der Waals surface area contributed by atoms with E-state index >= 15 is 0 Å². The third kappa shape index (κ3) is 2.72. The number of aromatic nitrogens is 2. The average molecular weight is 283 g/mol. The van der Waals surface area contributed by atoms with E-state index in [1.54, 1.807) is 22.9 Å². The van der Waals surface area contributed by atoms with Crippen LogP contribution in [-0.4, -0.2) is 21.5 Å². The molecule has 0 radical (unpaired) electrons. The molecular formula is C16H17N3O2. The van der Waals surface area contributed by atoms with Crippen LogP contribution in [0.25, 0.3) is 0 Å². The number of ketones is 1. The molecule has 0 bridgehead atoms. The van der Waals surface area contributed by atoms with Gasteiger partial charge in [0.25, 0.3) is 0 Å². The maximum absolute atomic E-state index is 12.3. The fourth-order valence-corrected chi connectivity index (χ4v) is 2.61. The molecule has 5 heteroatoms. The standard InChI is InChI=1S/C16H17N3O2/c1-10(20)12-5-3-4-6-15(12)18-16(21)14-7-13(14)11-8-17-19(2)9-11/h3-6,8-9,13-14H,7H2,1-2H3,(H,18,21)/t13-,14-/m1/s1. The van der Waals surface area contributed by atoms with Crippen molar-refractivity contribution in [2.75, 3.05) is 5.32 Å². The third-order valence-electron chi connectivity index (χ3n) is 3.84. The number of anilines is 1. The average Bonchev–Trinajstić information content (AvgIpc) is 3.14. The zero-order valence-corrected chi connectivity index (χ0v) is 12.0. The number of nitrogens with zero attached hydrogens (tertiary/aromatic N) is 2. The number of hydrogen-bond donors (Lipinski definition) is 1. The van der Waals surface area contributed by atoms with E-state index in [4.69, 9.17) is 0 Å². The molecule has 1 aromatic carbocycles. The van der Waals surface area contributed by atoms with Crippen molar-refractivity contribution in [3.05, 3.63) is 47.8 Å². The Labute approximate surface area is 123 Å². The Morgan fingerprint density at radius 1 is 1.33 bits per heavy atom. The number of hydrogen-bond acceptors (Lipinski definition) is 3. The molecule has 1 aliphatic rings. The number of Topliss-reactive ketones (excluding diaryl/α,β-unsaturated/α-hetero) is 1. The van der Waals surface area contributed by atoms with Crippen LogP contribution >= 0.6 is 0 Å². The fourth-order valence-electron chi connectivity index (χ4n) is 2.61. The highest BCUT2D eigenvalue weighted by molar-refractivity contribution is 6.04. The number of amides is 1.